The van der Waals surface area contributed by atoms with Gasteiger partial charge in [-0.15, -0.1) is 0 Å². The predicted molar refractivity (Wildman–Crippen MR) is 298 cm³/mol. The van der Waals surface area contributed by atoms with Gasteiger partial charge in [0.2, 0.25) is 0 Å². The maximum absolute atomic E-state index is 15.3. The number of nitrogens with zero attached hydrogens (tertiary/aromatic N) is 2. The Kier molecular flexibility index (Phi) is 11.8. The molecular formula is C67H47F3N2O2. The summed E-state index contributed by atoms with van der Waals surface area (Å²) >= 11 is 0. The number of anilines is 6. The topological polar surface area (TPSA) is 24.9 Å². The summed E-state index contributed by atoms with van der Waals surface area (Å²) in [6, 6.07) is 86.5. The molecule has 0 aliphatic carbocycles. The highest BCUT2D eigenvalue weighted by atomic mass is 19.4. The molecule has 0 bridgehead atoms. The predicted octanol–water partition coefficient (Wildman–Crippen LogP) is 19.7. The number of halogens is 3. The average molecular weight is 969 g/mol. The van der Waals surface area contributed by atoms with Gasteiger partial charge in [0, 0.05) is 32.9 Å². The second-order valence-electron chi connectivity index (χ2n) is 18.5. The summed E-state index contributed by atoms with van der Waals surface area (Å²) in [7, 11) is 0. The third kappa shape index (κ3) is 8.48. The van der Waals surface area contributed by atoms with Gasteiger partial charge < -0.3 is 19.3 Å². The highest BCUT2D eigenvalue weighted by Gasteiger charge is 2.53. The zero-order valence-corrected chi connectivity index (χ0v) is 40.2. The highest BCUT2D eigenvalue weighted by molar-refractivity contribution is 6.06. The SMILES string of the molecule is CC(c1ccc(Oc2ccc(N(c3cccc4ccccc34)c3cccc4ccccc34)cc2)cc1)(c1ccc(Oc2ccc(N(c3cccc4ccccc34)c3cccc4ccccc34)cc2)cc1)C(F)(F)F. The van der Waals surface area contributed by atoms with Crippen LogP contribution in [0.15, 0.2) is 267 Å². The summed E-state index contributed by atoms with van der Waals surface area (Å²) in [5.41, 5.74) is 3.81. The van der Waals surface area contributed by atoms with Crippen molar-refractivity contribution in [1.82, 2.24) is 0 Å². The van der Waals surface area contributed by atoms with Gasteiger partial charge in [-0.2, -0.15) is 13.2 Å². The monoisotopic (exact) mass is 968 g/mol. The van der Waals surface area contributed by atoms with Gasteiger partial charge in [-0.1, -0.05) is 170 Å². The molecule has 12 rings (SSSR count). The largest absolute Gasteiger partial charge is 0.457 e. The second kappa shape index (κ2) is 19.0. The van der Waals surface area contributed by atoms with Crippen LogP contribution < -0.4 is 19.3 Å². The summed E-state index contributed by atoms with van der Waals surface area (Å²) in [5, 5.41) is 8.95. The Morgan fingerprint density at radius 1 is 0.284 bits per heavy atom. The van der Waals surface area contributed by atoms with Gasteiger partial charge in [0.25, 0.3) is 0 Å². The Bertz CT molecular complexity index is 3540. The quantitative estimate of drug-likeness (QED) is 0.122. The first kappa shape index (κ1) is 45.8. The zero-order chi connectivity index (χ0) is 50.2. The lowest BCUT2D eigenvalue weighted by Gasteiger charge is -2.33. The van der Waals surface area contributed by atoms with Gasteiger partial charge >= 0.3 is 6.18 Å². The maximum Gasteiger partial charge on any atom is 0.402 e. The van der Waals surface area contributed by atoms with Gasteiger partial charge in [0.1, 0.15) is 28.4 Å². The Morgan fingerprint density at radius 2 is 0.527 bits per heavy atom. The van der Waals surface area contributed by atoms with Gasteiger partial charge in [-0.05, 0) is 137 Å². The molecule has 0 aliphatic rings. The van der Waals surface area contributed by atoms with E-state index in [4.69, 9.17) is 9.47 Å². The fourth-order valence-corrected chi connectivity index (χ4v) is 10.2. The van der Waals surface area contributed by atoms with E-state index in [1.807, 2.05) is 97.1 Å². The molecule has 0 aliphatic heterocycles. The average Bonchev–Trinajstić information content (AvgIpc) is 3.44. The molecule has 0 fully saturated rings. The summed E-state index contributed by atoms with van der Waals surface area (Å²) in [4.78, 5) is 4.51. The molecule has 7 heteroatoms. The van der Waals surface area contributed by atoms with Crippen molar-refractivity contribution < 1.29 is 22.6 Å². The minimum Gasteiger partial charge on any atom is -0.457 e. The van der Waals surface area contributed by atoms with Crippen LogP contribution in [0.2, 0.25) is 0 Å². The molecule has 0 amide bonds. The van der Waals surface area contributed by atoms with Crippen molar-refractivity contribution in [3.05, 3.63) is 278 Å². The molecule has 4 nitrogen and oxygen atoms in total. The Hall–Kier alpha value is -9.33. The van der Waals surface area contributed by atoms with E-state index in [1.54, 1.807) is 24.3 Å². The van der Waals surface area contributed by atoms with Crippen LogP contribution in [0.25, 0.3) is 43.1 Å². The van der Waals surface area contributed by atoms with Crippen LogP contribution in [-0.2, 0) is 5.41 Å². The standard InChI is InChI=1S/C67H47F3N2O2/c1-66(67(68,69)70,50-30-38-54(39-31-50)73-56-42-34-52(35-43-56)71(62-26-10-18-46-14-2-6-22-58(46)62)63-27-11-19-47-15-3-7-23-59(47)63)51-32-40-55(41-33-51)74-57-44-36-53(37-45-57)72(64-28-12-20-48-16-4-8-24-60(48)64)65-29-13-21-49-17-5-9-25-61(49)65/h2-45H,1H3. The molecule has 0 saturated carbocycles. The van der Waals surface area contributed by atoms with E-state index in [-0.39, 0.29) is 11.1 Å². The number of ether oxygens (including phenoxy) is 2. The van der Waals surface area contributed by atoms with E-state index in [9.17, 15) is 0 Å². The summed E-state index contributed by atoms with van der Waals surface area (Å²) in [5.74, 6) is 1.93. The normalized spacial score (nSPS) is 11.8. The molecule has 0 unspecified atom stereocenters. The molecule has 0 saturated heterocycles. The van der Waals surface area contributed by atoms with Crippen molar-refractivity contribution in [2.45, 2.75) is 18.5 Å². The highest BCUT2D eigenvalue weighted by Crippen LogP contribution is 2.48. The number of rotatable bonds is 12. The number of hydrogen-bond acceptors (Lipinski definition) is 4. The van der Waals surface area contributed by atoms with Crippen LogP contribution in [0.3, 0.4) is 0 Å². The Morgan fingerprint density at radius 3 is 0.797 bits per heavy atom. The maximum atomic E-state index is 15.3. The first-order valence-electron chi connectivity index (χ1n) is 24.5. The van der Waals surface area contributed by atoms with E-state index >= 15 is 13.2 Å². The molecule has 0 atom stereocenters. The summed E-state index contributed by atoms with van der Waals surface area (Å²) in [6.45, 7) is 1.21. The van der Waals surface area contributed by atoms with Crippen molar-refractivity contribution in [2.24, 2.45) is 0 Å². The number of fused-ring (bicyclic) bond motifs is 4. The summed E-state index contributed by atoms with van der Waals surface area (Å²) in [6.07, 6.45) is -4.62. The van der Waals surface area contributed by atoms with Gasteiger partial charge in [-0.3, -0.25) is 0 Å². The van der Waals surface area contributed by atoms with Crippen LogP contribution in [0.1, 0.15) is 18.1 Å². The van der Waals surface area contributed by atoms with Crippen molar-refractivity contribution in [2.75, 3.05) is 9.80 Å². The van der Waals surface area contributed by atoms with E-state index in [0.717, 1.165) is 77.2 Å². The fraction of sp³-hybridized carbons (Fsp3) is 0.0448. The van der Waals surface area contributed by atoms with Crippen molar-refractivity contribution >= 4 is 77.2 Å². The number of hydrogen-bond donors (Lipinski definition) is 0. The second-order valence-corrected chi connectivity index (χ2v) is 18.5. The van der Waals surface area contributed by atoms with Crippen molar-refractivity contribution in [1.29, 1.82) is 0 Å². The molecular weight excluding hydrogens is 922 g/mol. The van der Waals surface area contributed by atoms with E-state index < -0.39 is 11.6 Å². The van der Waals surface area contributed by atoms with Crippen LogP contribution in [0, 0.1) is 0 Å². The van der Waals surface area contributed by atoms with Crippen LogP contribution in [-0.4, -0.2) is 6.18 Å². The lowest BCUT2D eigenvalue weighted by atomic mass is 9.75. The molecule has 0 N–H and O–H groups in total. The first-order chi connectivity index (χ1) is 36.2. The smallest absolute Gasteiger partial charge is 0.402 e. The number of benzene rings is 12. The Balaban J connectivity index is 0.784. The van der Waals surface area contributed by atoms with E-state index in [2.05, 4.69) is 131 Å². The third-order valence-electron chi connectivity index (χ3n) is 14.1. The van der Waals surface area contributed by atoms with Gasteiger partial charge in [-0.25, -0.2) is 0 Å². The lowest BCUT2D eigenvalue weighted by molar-refractivity contribution is -0.173. The molecule has 12 aromatic carbocycles. The third-order valence-corrected chi connectivity index (χ3v) is 14.1. The van der Waals surface area contributed by atoms with Crippen LogP contribution in [0.5, 0.6) is 23.0 Å². The van der Waals surface area contributed by atoms with Crippen LogP contribution in [0.4, 0.5) is 47.3 Å². The summed E-state index contributed by atoms with van der Waals surface area (Å²) < 4.78 is 58.6. The first-order valence-corrected chi connectivity index (χ1v) is 24.5. The molecule has 12 aromatic rings. The Labute approximate surface area is 427 Å². The molecule has 358 valence electrons. The van der Waals surface area contributed by atoms with Gasteiger partial charge in [0.05, 0.1) is 22.7 Å². The zero-order valence-electron chi connectivity index (χ0n) is 40.2. The molecule has 74 heavy (non-hydrogen) atoms. The van der Waals surface area contributed by atoms with Gasteiger partial charge in [0.15, 0.2) is 0 Å². The minimum absolute atomic E-state index is 0.0831. The lowest BCUT2D eigenvalue weighted by Crippen LogP contribution is -2.40. The van der Waals surface area contributed by atoms with E-state index in [0.29, 0.717) is 23.0 Å². The fourth-order valence-electron chi connectivity index (χ4n) is 10.2. The molecule has 0 heterocycles. The molecule has 0 spiro atoms. The minimum atomic E-state index is -4.62. The number of alkyl halides is 3. The van der Waals surface area contributed by atoms with Crippen molar-refractivity contribution in [3.63, 3.8) is 0 Å². The van der Waals surface area contributed by atoms with Crippen molar-refractivity contribution in [3.8, 4) is 23.0 Å². The van der Waals surface area contributed by atoms with Crippen LogP contribution >= 0.6 is 0 Å². The molecule has 0 aromatic heterocycles. The van der Waals surface area contributed by atoms with E-state index in [1.165, 1.54) is 31.2 Å². The molecule has 0 radical (unpaired) electrons.